The summed E-state index contributed by atoms with van der Waals surface area (Å²) in [7, 11) is 3.35. The maximum Gasteiger partial charge on any atom is 0.229 e. The molecule has 0 radical (unpaired) electrons. The molecule has 0 aromatic rings. The first-order valence-corrected chi connectivity index (χ1v) is 7.06. The SMILES string of the molecule is COCC[C@H]1C(=O)N(COC)[C@H]1CCC1CCC1. The lowest BCUT2D eigenvalue weighted by Gasteiger charge is -2.47. The molecule has 0 bridgehead atoms. The molecule has 0 unspecified atom stereocenters. The molecule has 2 atom stereocenters. The summed E-state index contributed by atoms with van der Waals surface area (Å²) in [5.41, 5.74) is 0. The van der Waals surface area contributed by atoms with Gasteiger partial charge >= 0.3 is 0 Å². The highest BCUT2D eigenvalue weighted by Crippen LogP contribution is 2.37. The molecule has 1 amide bonds. The molecule has 2 aliphatic rings. The first-order valence-electron chi connectivity index (χ1n) is 7.06. The van der Waals surface area contributed by atoms with Crippen LogP contribution < -0.4 is 0 Å². The Kier molecular flexibility index (Phi) is 5.01. The minimum Gasteiger partial charge on any atom is -0.385 e. The minimum atomic E-state index is 0.167. The predicted molar refractivity (Wildman–Crippen MR) is 69.1 cm³/mol. The fourth-order valence-corrected chi connectivity index (χ4v) is 3.08. The van der Waals surface area contributed by atoms with E-state index >= 15 is 0 Å². The van der Waals surface area contributed by atoms with Gasteiger partial charge in [-0.3, -0.25) is 4.79 Å². The monoisotopic (exact) mass is 255 g/mol. The summed E-state index contributed by atoms with van der Waals surface area (Å²) in [5, 5.41) is 0. The van der Waals surface area contributed by atoms with Crippen LogP contribution in [0.1, 0.15) is 38.5 Å². The zero-order valence-corrected chi connectivity index (χ0v) is 11.6. The van der Waals surface area contributed by atoms with Crippen molar-refractivity contribution < 1.29 is 14.3 Å². The highest BCUT2D eigenvalue weighted by Gasteiger charge is 2.46. The van der Waals surface area contributed by atoms with Crippen LogP contribution in [-0.2, 0) is 14.3 Å². The van der Waals surface area contributed by atoms with E-state index in [2.05, 4.69) is 0 Å². The van der Waals surface area contributed by atoms with Gasteiger partial charge in [-0.15, -0.1) is 0 Å². The second kappa shape index (κ2) is 6.53. The van der Waals surface area contributed by atoms with E-state index in [9.17, 15) is 4.79 Å². The molecule has 2 fully saturated rings. The molecule has 1 saturated heterocycles. The number of carbonyl (C=O) groups is 1. The van der Waals surface area contributed by atoms with E-state index < -0.39 is 0 Å². The third-order valence-electron chi connectivity index (χ3n) is 4.46. The van der Waals surface area contributed by atoms with Crippen molar-refractivity contribution in [2.45, 2.75) is 44.6 Å². The van der Waals surface area contributed by atoms with Crippen molar-refractivity contribution in [2.24, 2.45) is 11.8 Å². The van der Waals surface area contributed by atoms with Crippen LogP contribution in [0.4, 0.5) is 0 Å². The number of carbonyl (C=O) groups excluding carboxylic acids is 1. The maximum absolute atomic E-state index is 12.0. The molecule has 2 rings (SSSR count). The van der Waals surface area contributed by atoms with Crippen LogP contribution in [0.2, 0.25) is 0 Å². The van der Waals surface area contributed by atoms with Crippen molar-refractivity contribution in [1.29, 1.82) is 0 Å². The normalized spacial score (nSPS) is 28.1. The Morgan fingerprint density at radius 2 is 1.94 bits per heavy atom. The Morgan fingerprint density at radius 3 is 2.50 bits per heavy atom. The molecular weight excluding hydrogens is 230 g/mol. The van der Waals surface area contributed by atoms with Gasteiger partial charge in [0.1, 0.15) is 6.73 Å². The van der Waals surface area contributed by atoms with Gasteiger partial charge in [-0.1, -0.05) is 19.3 Å². The van der Waals surface area contributed by atoms with Gasteiger partial charge in [0.05, 0.1) is 5.92 Å². The number of methoxy groups -OCH3 is 2. The van der Waals surface area contributed by atoms with E-state index in [-0.39, 0.29) is 11.8 Å². The Bertz CT molecular complexity index is 278. The Balaban J connectivity index is 1.81. The van der Waals surface area contributed by atoms with Crippen LogP contribution in [0.3, 0.4) is 0 Å². The summed E-state index contributed by atoms with van der Waals surface area (Å²) in [5.74, 6) is 1.32. The Morgan fingerprint density at radius 1 is 1.17 bits per heavy atom. The first kappa shape index (κ1) is 13.8. The van der Waals surface area contributed by atoms with Crippen molar-refractivity contribution in [1.82, 2.24) is 4.90 Å². The van der Waals surface area contributed by atoms with E-state index in [1.165, 1.54) is 25.7 Å². The second-order valence-electron chi connectivity index (χ2n) is 5.56. The highest BCUT2D eigenvalue weighted by molar-refractivity contribution is 5.85. The molecule has 0 spiro atoms. The predicted octanol–water partition coefficient (Wildman–Crippen LogP) is 2.03. The van der Waals surface area contributed by atoms with Gasteiger partial charge in [-0.05, 0) is 25.2 Å². The van der Waals surface area contributed by atoms with Gasteiger partial charge < -0.3 is 14.4 Å². The van der Waals surface area contributed by atoms with Crippen LogP contribution in [-0.4, -0.2) is 44.4 Å². The van der Waals surface area contributed by atoms with Gasteiger partial charge in [0, 0.05) is 26.9 Å². The molecule has 104 valence electrons. The smallest absolute Gasteiger partial charge is 0.229 e. The topological polar surface area (TPSA) is 38.8 Å². The van der Waals surface area contributed by atoms with Crippen LogP contribution in [0.15, 0.2) is 0 Å². The summed E-state index contributed by atoms with van der Waals surface area (Å²) in [6.45, 7) is 1.12. The van der Waals surface area contributed by atoms with E-state index in [0.717, 1.165) is 18.8 Å². The number of hydrogen-bond donors (Lipinski definition) is 0. The summed E-state index contributed by atoms with van der Waals surface area (Å²) < 4.78 is 10.2. The summed E-state index contributed by atoms with van der Waals surface area (Å²) in [4.78, 5) is 13.9. The van der Waals surface area contributed by atoms with Gasteiger partial charge in [0.15, 0.2) is 0 Å². The third kappa shape index (κ3) is 2.86. The highest BCUT2D eigenvalue weighted by atomic mass is 16.5. The molecule has 4 heteroatoms. The fraction of sp³-hybridized carbons (Fsp3) is 0.929. The molecule has 0 N–H and O–H groups in total. The van der Waals surface area contributed by atoms with Crippen molar-refractivity contribution in [2.75, 3.05) is 27.6 Å². The van der Waals surface area contributed by atoms with Gasteiger partial charge in [0.25, 0.3) is 0 Å². The largest absolute Gasteiger partial charge is 0.385 e. The zero-order chi connectivity index (χ0) is 13.0. The number of rotatable bonds is 8. The van der Waals surface area contributed by atoms with Crippen molar-refractivity contribution in [3.8, 4) is 0 Å². The van der Waals surface area contributed by atoms with Gasteiger partial charge in [-0.25, -0.2) is 0 Å². The van der Waals surface area contributed by atoms with Crippen molar-refractivity contribution >= 4 is 5.91 Å². The van der Waals surface area contributed by atoms with Gasteiger partial charge in [-0.2, -0.15) is 0 Å². The maximum atomic E-state index is 12.0. The number of amides is 1. The van der Waals surface area contributed by atoms with E-state index in [1.54, 1.807) is 14.2 Å². The average molecular weight is 255 g/mol. The third-order valence-corrected chi connectivity index (χ3v) is 4.46. The van der Waals surface area contributed by atoms with Crippen molar-refractivity contribution in [3.05, 3.63) is 0 Å². The van der Waals surface area contributed by atoms with Gasteiger partial charge in [0.2, 0.25) is 5.91 Å². The molecule has 1 aliphatic heterocycles. The molecule has 1 saturated carbocycles. The van der Waals surface area contributed by atoms with E-state index in [0.29, 0.717) is 19.4 Å². The molecule has 4 nitrogen and oxygen atoms in total. The molecule has 0 aromatic carbocycles. The molecule has 1 heterocycles. The summed E-state index contributed by atoms with van der Waals surface area (Å²) in [6.07, 6.45) is 7.41. The molecule has 0 aromatic heterocycles. The van der Waals surface area contributed by atoms with Crippen molar-refractivity contribution in [3.63, 3.8) is 0 Å². The second-order valence-corrected chi connectivity index (χ2v) is 5.56. The Hall–Kier alpha value is -0.610. The lowest BCUT2D eigenvalue weighted by Crippen LogP contribution is -2.61. The molecule has 1 aliphatic carbocycles. The summed E-state index contributed by atoms with van der Waals surface area (Å²) in [6, 6.07) is 0.383. The number of β-lactam (4-membered cyclic amide) rings is 1. The molecular formula is C14H25NO3. The zero-order valence-electron chi connectivity index (χ0n) is 11.6. The van der Waals surface area contributed by atoms with Crippen LogP contribution >= 0.6 is 0 Å². The lowest BCUT2D eigenvalue weighted by atomic mass is 9.76. The first-order chi connectivity index (χ1) is 8.77. The van der Waals surface area contributed by atoms with E-state index in [4.69, 9.17) is 9.47 Å². The lowest BCUT2D eigenvalue weighted by molar-refractivity contribution is -0.167. The van der Waals surface area contributed by atoms with Crippen LogP contribution in [0.25, 0.3) is 0 Å². The van der Waals surface area contributed by atoms with E-state index in [1.807, 2.05) is 4.90 Å². The average Bonchev–Trinajstić information content (AvgIpc) is 2.32. The summed E-state index contributed by atoms with van der Waals surface area (Å²) >= 11 is 0. The number of likely N-dealkylation sites (tertiary alicyclic amines) is 1. The quantitative estimate of drug-likeness (QED) is 0.623. The molecule has 18 heavy (non-hydrogen) atoms. The Labute approximate surface area is 110 Å². The minimum absolute atomic E-state index is 0.167. The number of hydrogen-bond acceptors (Lipinski definition) is 3. The standard InChI is InChI=1S/C14H25NO3/c1-17-9-8-12-13(7-6-11-4-3-5-11)15(10-18-2)14(12)16/h11-13H,3-10H2,1-2H3/t12-,13+/m1/s1. The fourth-order valence-electron chi connectivity index (χ4n) is 3.08. The van der Waals surface area contributed by atoms with Crippen LogP contribution in [0, 0.1) is 11.8 Å². The van der Waals surface area contributed by atoms with Crippen LogP contribution in [0.5, 0.6) is 0 Å². The number of nitrogens with zero attached hydrogens (tertiary/aromatic N) is 1. The number of ether oxygens (including phenoxy) is 2.